The minimum atomic E-state index is -0.164. The van der Waals surface area contributed by atoms with Crippen molar-refractivity contribution in [1.82, 2.24) is 14.8 Å². The molecule has 1 aromatic carbocycles. The van der Waals surface area contributed by atoms with Gasteiger partial charge in [0.05, 0.1) is 5.75 Å². The molecule has 0 N–H and O–H groups in total. The molecule has 2 aromatic rings. The summed E-state index contributed by atoms with van der Waals surface area (Å²) in [7, 11) is 0. The zero-order chi connectivity index (χ0) is 24.7. The molecule has 0 spiro atoms. The first-order valence-corrected chi connectivity index (χ1v) is 13.7. The zero-order valence-electron chi connectivity index (χ0n) is 21.6. The van der Waals surface area contributed by atoms with Crippen molar-refractivity contribution in [2.45, 2.75) is 91.6 Å². The summed E-state index contributed by atoms with van der Waals surface area (Å²) in [5.74, 6) is 3.65. The highest BCUT2D eigenvalue weighted by Gasteiger charge is 2.33. The fourth-order valence-electron chi connectivity index (χ4n) is 4.63. The van der Waals surface area contributed by atoms with Crippen molar-refractivity contribution in [1.29, 1.82) is 0 Å². The van der Waals surface area contributed by atoms with Crippen molar-refractivity contribution in [3.63, 3.8) is 0 Å². The molecular weight excluding hydrogens is 446 g/mol. The van der Waals surface area contributed by atoms with Gasteiger partial charge in [0.25, 0.3) is 0 Å². The lowest BCUT2D eigenvalue weighted by Crippen LogP contribution is -2.36. The van der Waals surface area contributed by atoms with Crippen LogP contribution in [0.15, 0.2) is 29.4 Å². The number of rotatable bonds is 11. The van der Waals surface area contributed by atoms with E-state index in [1.165, 1.54) is 23.7 Å². The molecule has 6 nitrogen and oxygen atoms in total. The van der Waals surface area contributed by atoms with Gasteiger partial charge in [-0.25, -0.2) is 0 Å². The number of esters is 1. The van der Waals surface area contributed by atoms with Crippen LogP contribution in [0.5, 0.6) is 5.75 Å². The molecule has 1 aromatic heterocycles. The van der Waals surface area contributed by atoms with Gasteiger partial charge in [-0.05, 0) is 60.6 Å². The quantitative estimate of drug-likeness (QED) is 0.279. The van der Waals surface area contributed by atoms with E-state index < -0.39 is 0 Å². The highest BCUT2D eigenvalue weighted by atomic mass is 32.2. The summed E-state index contributed by atoms with van der Waals surface area (Å²) >= 11 is 1.40. The molecule has 188 valence electrons. The van der Waals surface area contributed by atoms with Gasteiger partial charge < -0.3 is 14.0 Å². The van der Waals surface area contributed by atoms with Gasteiger partial charge in [0.1, 0.15) is 18.5 Å². The molecule has 0 unspecified atom stereocenters. The van der Waals surface area contributed by atoms with E-state index in [1.807, 2.05) is 12.1 Å². The molecule has 34 heavy (non-hydrogen) atoms. The second-order valence-corrected chi connectivity index (χ2v) is 11.3. The number of benzene rings is 1. The molecule has 0 aliphatic heterocycles. The highest BCUT2D eigenvalue weighted by molar-refractivity contribution is 7.99. The first-order valence-electron chi connectivity index (χ1n) is 12.7. The number of nitrogens with zero attached hydrogens (tertiary/aromatic N) is 3. The van der Waals surface area contributed by atoms with Gasteiger partial charge in [-0.2, -0.15) is 0 Å². The summed E-state index contributed by atoms with van der Waals surface area (Å²) in [4.78, 5) is 12.7. The van der Waals surface area contributed by atoms with Gasteiger partial charge in [-0.1, -0.05) is 71.9 Å². The predicted octanol–water partition coefficient (Wildman–Crippen LogP) is 6.17. The molecule has 1 fully saturated rings. The maximum absolute atomic E-state index is 12.7. The molecule has 3 atom stereocenters. The van der Waals surface area contributed by atoms with Crippen molar-refractivity contribution in [3.8, 4) is 5.75 Å². The monoisotopic (exact) mass is 487 g/mol. The molecule has 0 saturated heterocycles. The van der Waals surface area contributed by atoms with Crippen LogP contribution < -0.4 is 4.74 Å². The Morgan fingerprint density at radius 2 is 1.88 bits per heavy atom. The molecule has 3 rings (SSSR count). The predicted molar refractivity (Wildman–Crippen MR) is 137 cm³/mol. The van der Waals surface area contributed by atoms with E-state index in [0.717, 1.165) is 42.5 Å². The van der Waals surface area contributed by atoms with E-state index in [4.69, 9.17) is 9.47 Å². The Hall–Kier alpha value is -2.02. The second-order valence-electron chi connectivity index (χ2n) is 10.3. The Morgan fingerprint density at radius 3 is 2.53 bits per heavy atom. The minimum Gasteiger partial charge on any atom is -0.486 e. The highest BCUT2D eigenvalue weighted by Crippen LogP contribution is 2.35. The molecule has 0 radical (unpaired) electrons. The van der Waals surface area contributed by atoms with E-state index in [0.29, 0.717) is 30.3 Å². The third-order valence-corrected chi connectivity index (χ3v) is 7.54. The van der Waals surface area contributed by atoms with Crippen LogP contribution in [0.25, 0.3) is 0 Å². The number of hydrogen-bond acceptors (Lipinski definition) is 6. The van der Waals surface area contributed by atoms with Gasteiger partial charge >= 0.3 is 5.97 Å². The summed E-state index contributed by atoms with van der Waals surface area (Å²) in [5, 5.41) is 9.48. The maximum Gasteiger partial charge on any atom is 0.316 e. The fraction of sp³-hybridized carbons (Fsp3) is 0.667. The normalized spacial score (nSPS) is 20.6. The van der Waals surface area contributed by atoms with Crippen molar-refractivity contribution in [3.05, 3.63) is 35.7 Å². The number of thioether (sulfide) groups is 1. The Kier molecular flexibility index (Phi) is 9.86. The van der Waals surface area contributed by atoms with Crippen LogP contribution in [0, 0.1) is 23.7 Å². The van der Waals surface area contributed by atoms with E-state index in [1.54, 1.807) is 0 Å². The standard InChI is InChI=1S/C27H41N3O3S/c1-7-21-9-11-22(12-10-21)32-16-25-28-29-27(30(25)15-18(2)3)34-17-26(31)33-24-14-20(6)8-13-23(24)19(4)5/h9-12,18-20,23-24H,7-8,13-17H2,1-6H3/t20-,23+,24-/m1/s1. The summed E-state index contributed by atoms with van der Waals surface area (Å²) in [6, 6.07) is 8.14. The lowest BCUT2D eigenvalue weighted by Gasteiger charge is -2.36. The van der Waals surface area contributed by atoms with Crippen LogP contribution in [0.3, 0.4) is 0 Å². The molecular formula is C27H41N3O3S. The van der Waals surface area contributed by atoms with E-state index in [9.17, 15) is 4.79 Å². The average molecular weight is 488 g/mol. The van der Waals surface area contributed by atoms with Crippen LogP contribution in [0.1, 0.15) is 72.2 Å². The Morgan fingerprint density at radius 1 is 1.15 bits per heavy atom. The smallest absolute Gasteiger partial charge is 0.316 e. The summed E-state index contributed by atoms with van der Waals surface area (Å²) in [6.45, 7) is 14.3. The number of ether oxygens (including phenoxy) is 2. The van der Waals surface area contributed by atoms with Gasteiger partial charge in [0.2, 0.25) is 0 Å². The van der Waals surface area contributed by atoms with Crippen LogP contribution in [-0.4, -0.2) is 32.6 Å². The van der Waals surface area contributed by atoms with E-state index >= 15 is 0 Å². The van der Waals surface area contributed by atoms with Crippen LogP contribution >= 0.6 is 11.8 Å². The van der Waals surface area contributed by atoms with Crippen molar-refractivity contribution in [2.24, 2.45) is 23.7 Å². The minimum absolute atomic E-state index is 0.0217. The molecule has 1 aliphatic carbocycles. The number of hydrogen-bond donors (Lipinski definition) is 0. The second kappa shape index (κ2) is 12.6. The van der Waals surface area contributed by atoms with Crippen molar-refractivity contribution in [2.75, 3.05) is 5.75 Å². The van der Waals surface area contributed by atoms with Crippen molar-refractivity contribution >= 4 is 17.7 Å². The molecule has 1 saturated carbocycles. The van der Waals surface area contributed by atoms with Crippen molar-refractivity contribution < 1.29 is 14.3 Å². The molecule has 1 aliphatic rings. The Labute approximate surface area is 209 Å². The third kappa shape index (κ3) is 7.49. The van der Waals surface area contributed by atoms with Gasteiger partial charge in [-0.15, -0.1) is 10.2 Å². The number of carbonyl (C=O) groups is 1. The molecule has 7 heteroatoms. The Bertz CT molecular complexity index is 910. The number of aryl methyl sites for hydroxylation is 1. The lowest BCUT2D eigenvalue weighted by molar-refractivity contribution is -0.152. The van der Waals surface area contributed by atoms with E-state index in [-0.39, 0.29) is 17.8 Å². The lowest BCUT2D eigenvalue weighted by atomic mass is 9.75. The Balaban J connectivity index is 1.60. The number of aromatic nitrogens is 3. The third-order valence-electron chi connectivity index (χ3n) is 6.60. The summed E-state index contributed by atoms with van der Waals surface area (Å²) in [6.07, 6.45) is 4.34. The fourth-order valence-corrected chi connectivity index (χ4v) is 5.38. The molecule has 0 bridgehead atoms. The van der Waals surface area contributed by atoms with Gasteiger partial charge in [-0.3, -0.25) is 4.79 Å². The summed E-state index contributed by atoms with van der Waals surface area (Å²) in [5.41, 5.74) is 1.28. The molecule has 0 amide bonds. The first kappa shape index (κ1) is 26.6. The zero-order valence-corrected chi connectivity index (χ0v) is 22.4. The topological polar surface area (TPSA) is 66.2 Å². The van der Waals surface area contributed by atoms with Crippen LogP contribution in [0.2, 0.25) is 0 Å². The van der Waals surface area contributed by atoms with Gasteiger partial charge in [0.15, 0.2) is 11.0 Å². The summed E-state index contributed by atoms with van der Waals surface area (Å²) < 4.78 is 14.0. The van der Waals surface area contributed by atoms with Gasteiger partial charge in [0, 0.05) is 6.54 Å². The maximum atomic E-state index is 12.7. The first-order chi connectivity index (χ1) is 16.3. The van der Waals surface area contributed by atoms with E-state index in [2.05, 4.69) is 68.4 Å². The average Bonchev–Trinajstić information content (AvgIpc) is 3.17. The SMILES string of the molecule is CCc1ccc(OCc2nnc(SCC(=O)O[C@@H]3C[C@H](C)CC[C@H]3C(C)C)n2CC(C)C)cc1. The molecule has 1 heterocycles. The van der Waals surface area contributed by atoms with Crippen LogP contribution in [-0.2, 0) is 29.1 Å². The number of carbonyl (C=O) groups excluding carboxylic acids is 1. The van der Waals surface area contributed by atoms with Crippen LogP contribution in [0.4, 0.5) is 0 Å². The largest absolute Gasteiger partial charge is 0.486 e.